The van der Waals surface area contributed by atoms with Crippen molar-refractivity contribution >= 4 is 9.84 Å². The number of rotatable bonds is 7. The quantitative estimate of drug-likeness (QED) is 0.801. The highest BCUT2D eigenvalue weighted by atomic mass is 32.2. The molecule has 1 aromatic rings. The van der Waals surface area contributed by atoms with Crippen molar-refractivity contribution in [2.24, 2.45) is 0 Å². The lowest BCUT2D eigenvalue weighted by molar-refractivity contribution is 0.573. The van der Waals surface area contributed by atoms with Gasteiger partial charge in [-0.15, -0.1) is 0 Å². The maximum absolute atomic E-state index is 11.5. The van der Waals surface area contributed by atoms with Gasteiger partial charge in [0.15, 0.2) is 9.84 Å². The monoisotopic (exact) mass is 271 g/mol. The minimum Gasteiger partial charge on any atom is -0.316 e. The molecule has 1 aromatic heterocycles. The van der Waals surface area contributed by atoms with Crippen LogP contribution < -0.4 is 5.32 Å². The highest BCUT2D eigenvalue weighted by Gasteiger charge is 2.30. The molecule has 0 atom stereocenters. The third-order valence-electron chi connectivity index (χ3n) is 3.35. The molecule has 0 amide bonds. The van der Waals surface area contributed by atoms with Gasteiger partial charge in [-0.1, -0.05) is 6.92 Å². The molecule has 1 fully saturated rings. The van der Waals surface area contributed by atoms with Gasteiger partial charge in [-0.2, -0.15) is 5.10 Å². The standard InChI is InChI=1S/C12H21N3O2S/c1-3-18(16,17)7-6-15-12(10-4-5-10)11(8-13-2)9-14-15/h9-10,13H,3-8H2,1-2H3. The van der Waals surface area contributed by atoms with E-state index in [1.165, 1.54) is 24.1 Å². The number of aromatic nitrogens is 2. The zero-order chi connectivity index (χ0) is 13.2. The Morgan fingerprint density at radius 3 is 2.78 bits per heavy atom. The third-order valence-corrected chi connectivity index (χ3v) is 5.03. The van der Waals surface area contributed by atoms with Crippen molar-refractivity contribution in [1.29, 1.82) is 0 Å². The van der Waals surface area contributed by atoms with Crippen molar-refractivity contribution in [2.75, 3.05) is 18.6 Å². The summed E-state index contributed by atoms with van der Waals surface area (Å²) in [5.41, 5.74) is 2.43. The fraction of sp³-hybridized carbons (Fsp3) is 0.750. The molecule has 18 heavy (non-hydrogen) atoms. The number of hydrogen-bond acceptors (Lipinski definition) is 4. The number of nitrogens with one attached hydrogen (secondary N) is 1. The average molecular weight is 271 g/mol. The Morgan fingerprint density at radius 1 is 1.50 bits per heavy atom. The van der Waals surface area contributed by atoms with Gasteiger partial charge in [-0.05, 0) is 19.9 Å². The lowest BCUT2D eigenvalue weighted by Gasteiger charge is -2.08. The molecule has 0 aromatic carbocycles. The van der Waals surface area contributed by atoms with Gasteiger partial charge < -0.3 is 5.32 Å². The smallest absolute Gasteiger partial charge is 0.151 e. The molecule has 0 unspecified atom stereocenters. The van der Waals surface area contributed by atoms with Crippen LogP contribution in [0.3, 0.4) is 0 Å². The van der Waals surface area contributed by atoms with Crippen LogP contribution in [0, 0.1) is 0 Å². The average Bonchev–Trinajstić information content (AvgIpc) is 3.10. The van der Waals surface area contributed by atoms with E-state index >= 15 is 0 Å². The van der Waals surface area contributed by atoms with Crippen molar-refractivity contribution in [1.82, 2.24) is 15.1 Å². The van der Waals surface area contributed by atoms with E-state index in [0.29, 0.717) is 12.5 Å². The summed E-state index contributed by atoms with van der Waals surface area (Å²) in [7, 11) is -1.01. The van der Waals surface area contributed by atoms with Crippen LogP contribution in [-0.4, -0.2) is 36.8 Å². The van der Waals surface area contributed by atoms with Crippen molar-refractivity contribution in [3.05, 3.63) is 17.5 Å². The summed E-state index contributed by atoms with van der Waals surface area (Å²) < 4.78 is 25.0. The molecule has 0 radical (unpaired) electrons. The van der Waals surface area contributed by atoms with Gasteiger partial charge in [-0.3, -0.25) is 4.68 Å². The first kappa shape index (κ1) is 13.5. The molecule has 6 heteroatoms. The van der Waals surface area contributed by atoms with E-state index in [9.17, 15) is 8.42 Å². The second-order valence-corrected chi connectivity index (χ2v) is 7.29. The van der Waals surface area contributed by atoms with Crippen molar-refractivity contribution in [3.8, 4) is 0 Å². The van der Waals surface area contributed by atoms with Gasteiger partial charge in [0, 0.05) is 29.5 Å². The predicted octanol–water partition coefficient (Wildman–Crippen LogP) is 0.915. The van der Waals surface area contributed by atoms with Gasteiger partial charge in [-0.25, -0.2) is 8.42 Å². The number of aryl methyl sites for hydroxylation is 1. The molecule has 0 bridgehead atoms. The number of sulfone groups is 1. The van der Waals surface area contributed by atoms with Crippen LogP contribution in [-0.2, 0) is 22.9 Å². The molecule has 5 nitrogen and oxygen atoms in total. The maximum atomic E-state index is 11.5. The molecule has 0 spiro atoms. The normalized spacial score (nSPS) is 16.1. The molecule has 0 aliphatic heterocycles. The van der Waals surface area contributed by atoms with E-state index in [2.05, 4.69) is 10.4 Å². The summed E-state index contributed by atoms with van der Waals surface area (Å²) in [5, 5.41) is 7.48. The fourth-order valence-corrected chi connectivity index (χ4v) is 2.88. The molecule has 1 aliphatic carbocycles. The first-order valence-corrected chi connectivity index (χ1v) is 8.29. The van der Waals surface area contributed by atoms with Crippen LogP contribution in [0.1, 0.15) is 36.9 Å². The lowest BCUT2D eigenvalue weighted by atomic mass is 10.2. The van der Waals surface area contributed by atoms with Crippen molar-refractivity contribution in [2.45, 2.75) is 38.8 Å². The maximum Gasteiger partial charge on any atom is 0.151 e. The molecule has 1 heterocycles. The predicted molar refractivity (Wildman–Crippen MR) is 71.3 cm³/mol. The third kappa shape index (κ3) is 3.11. The minimum atomic E-state index is -2.92. The summed E-state index contributed by atoms with van der Waals surface area (Å²) >= 11 is 0. The SMILES string of the molecule is CCS(=O)(=O)CCn1ncc(CNC)c1C1CC1. The first-order valence-electron chi connectivity index (χ1n) is 6.47. The molecule has 1 N–H and O–H groups in total. The Balaban J connectivity index is 2.13. The van der Waals surface area contributed by atoms with Gasteiger partial charge in [0.25, 0.3) is 0 Å². The van der Waals surface area contributed by atoms with E-state index in [1.807, 2.05) is 17.9 Å². The van der Waals surface area contributed by atoms with Crippen LogP contribution in [0.25, 0.3) is 0 Å². The van der Waals surface area contributed by atoms with Crippen LogP contribution >= 0.6 is 0 Å². The topological polar surface area (TPSA) is 64.0 Å². The van der Waals surface area contributed by atoms with E-state index in [0.717, 1.165) is 6.54 Å². The molecule has 0 saturated heterocycles. The van der Waals surface area contributed by atoms with E-state index in [-0.39, 0.29) is 11.5 Å². The summed E-state index contributed by atoms with van der Waals surface area (Å²) in [4.78, 5) is 0. The van der Waals surface area contributed by atoms with Crippen LogP contribution in [0.5, 0.6) is 0 Å². The molecular formula is C12H21N3O2S. The molecule has 102 valence electrons. The zero-order valence-electron chi connectivity index (χ0n) is 11.0. The molecular weight excluding hydrogens is 250 g/mol. The Kier molecular flexibility index (Phi) is 4.07. The number of nitrogens with zero attached hydrogens (tertiary/aromatic N) is 2. The van der Waals surface area contributed by atoms with Crippen molar-refractivity contribution in [3.63, 3.8) is 0 Å². The second-order valence-electron chi connectivity index (χ2n) is 4.82. The lowest BCUT2D eigenvalue weighted by Crippen LogP contribution is -2.17. The fourth-order valence-electron chi connectivity index (χ4n) is 2.14. The van der Waals surface area contributed by atoms with Gasteiger partial charge >= 0.3 is 0 Å². The summed E-state index contributed by atoms with van der Waals surface area (Å²) in [6.45, 7) is 2.96. The summed E-state index contributed by atoms with van der Waals surface area (Å²) in [6, 6.07) is 0. The first-order chi connectivity index (χ1) is 8.57. The highest BCUT2D eigenvalue weighted by Crippen LogP contribution is 2.41. The van der Waals surface area contributed by atoms with E-state index in [1.54, 1.807) is 6.92 Å². The molecule has 1 saturated carbocycles. The molecule has 1 aliphatic rings. The largest absolute Gasteiger partial charge is 0.316 e. The van der Waals surface area contributed by atoms with Crippen LogP contribution in [0.2, 0.25) is 0 Å². The minimum absolute atomic E-state index is 0.184. The van der Waals surface area contributed by atoms with E-state index < -0.39 is 9.84 Å². The van der Waals surface area contributed by atoms with E-state index in [4.69, 9.17) is 0 Å². The molecule has 2 rings (SSSR count). The Bertz CT molecular complexity index is 503. The Labute approximate surface area is 108 Å². The summed E-state index contributed by atoms with van der Waals surface area (Å²) in [5.74, 6) is 0.973. The van der Waals surface area contributed by atoms with Crippen LogP contribution in [0.4, 0.5) is 0 Å². The van der Waals surface area contributed by atoms with Gasteiger partial charge in [0.1, 0.15) is 0 Å². The number of hydrogen-bond donors (Lipinski definition) is 1. The van der Waals surface area contributed by atoms with Gasteiger partial charge in [0.05, 0.1) is 18.5 Å². The second kappa shape index (κ2) is 5.40. The van der Waals surface area contributed by atoms with Crippen molar-refractivity contribution < 1.29 is 8.42 Å². The Hall–Kier alpha value is -0.880. The highest BCUT2D eigenvalue weighted by molar-refractivity contribution is 7.91. The zero-order valence-corrected chi connectivity index (χ0v) is 11.8. The van der Waals surface area contributed by atoms with Crippen LogP contribution in [0.15, 0.2) is 6.20 Å². The van der Waals surface area contributed by atoms with Gasteiger partial charge in [0.2, 0.25) is 0 Å². The summed E-state index contributed by atoms with van der Waals surface area (Å²) in [6.07, 6.45) is 4.26. The Morgan fingerprint density at radius 2 is 2.22 bits per heavy atom.